The number of carbonyl (C=O) groups is 1. The highest BCUT2D eigenvalue weighted by molar-refractivity contribution is 7.71. The Morgan fingerprint density at radius 2 is 1.86 bits per heavy atom. The number of aromatic hydroxyl groups is 1. The number of hydrogen-bond donors (Lipinski definition) is 2. The zero-order chi connectivity index (χ0) is 15.0. The van der Waals surface area contributed by atoms with E-state index in [4.69, 9.17) is 12.2 Å². The van der Waals surface area contributed by atoms with Crippen molar-refractivity contribution in [1.29, 1.82) is 0 Å². The Morgan fingerprint density at radius 1 is 1.14 bits per heavy atom. The van der Waals surface area contributed by atoms with Gasteiger partial charge in [0.2, 0.25) is 0 Å². The van der Waals surface area contributed by atoms with Crippen molar-refractivity contribution in [2.24, 2.45) is 0 Å². The Hall–Kier alpha value is -2.46. The molecule has 0 amide bonds. The molecule has 0 aliphatic rings. The Balaban J connectivity index is 2.28. The molecule has 1 heterocycles. The second kappa shape index (κ2) is 5.14. The fourth-order valence-corrected chi connectivity index (χ4v) is 2.63. The zero-order valence-corrected chi connectivity index (χ0v) is 12.2. The molecule has 0 atom stereocenters. The highest BCUT2D eigenvalue weighted by Gasteiger charge is 2.18. The molecule has 3 rings (SSSR count). The number of fused-ring (bicyclic) bond motifs is 1. The summed E-state index contributed by atoms with van der Waals surface area (Å²) < 4.78 is 0.248. The fraction of sp³-hybridized carbons (Fsp3) is 0.0588. The molecule has 0 saturated carbocycles. The van der Waals surface area contributed by atoms with E-state index in [0.29, 0.717) is 16.5 Å². The highest BCUT2D eigenvalue weighted by atomic mass is 32.1. The van der Waals surface area contributed by atoms with Crippen LogP contribution < -0.4 is 0 Å². The van der Waals surface area contributed by atoms with Crippen LogP contribution in [0.25, 0.3) is 10.9 Å². The number of carbonyl (C=O) groups excluding carboxylic acids is 1. The molecule has 1 aromatic heterocycles. The van der Waals surface area contributed by atoms with Crippen molar-refractivity contribution in [3.8, 4) is 5.75 Å². The molecule has 0 radical (unpaired) electrons. The van der Waals surface area contributed by atoms with Gasteiger partial charge in [0.1, 0.15) is 10.4 Å². The van der Waals surface area contributed by atoms with Gasteiger partial charge >= 0.3 is 0 Å². The monoisotopic (exact) mass is 295 g/mol. The van der Waals surface area contributed by atoms with E-state index in [2.05, 4.69) is 4.98 Å². The summed E-state index contributed by atoms with van der Waals surface area (Å²) in [6, 6.07) is 14.4. The molecule has 2 aromatic carbocycles. The Labute approximate surface area is 126 Å². The van der Waals surface area contributed by atoms with Crippen LogP contribution in [0.1, 0.15) is 21.5 Å². The summed E-state index contributed by atoms with van der Waals surface area (Å²) in [5.74, 6) is -0.343. The predicted molar refractivity (Wildman–Crippen MR) is 85.4 cm³/mol. The second-order valence-corrected chi connectivity index (χ2v) is 5.33. The third-order valence-corrected chi connectivity index (χ3v) is 3.71. The Morgan fingerprint density at radius 3 is 2.57 bits per heavy atom. The number of pyridine rings is 1. The van der Waals surface area contributed by atoms with Crippen LogP contribution in [0.2, 0.25) is 0 Å². The lowest BCUT2D eigenvalue weighted by molar-refractivity contribution is 0.103. The van der Waals surface area contributed by atoms with Gasteiger partial charge in [-0.1, -0.05) is 54.2 Å². The minimum Gasteiger partial charge on any atom is -0.506 e. The first-order valence-electron chi connectivity index (χ1n) is 6.53. The lowest BCUT2D eigenvalue weighted by atomic mass is 10.0. The van der Waals surface area contributed by atoms with E-state index in [1.54, 1.807) is 24.3 Å². The van der Waals surface area contributed by atoms with Gasteiger partial charge in [-0.25, -0.2) is 0 Å². The topological polar surface area (TPSA) is 53.1 Å². The molecule has 104 valence electrons. The zero-order valence-electron chi connectivity index (χ0n) is 11.4. The van der Waals surface area contributed by atoms with Gasteiger partial charge in [-0.3, -0.25) is 4.79 Å². The fourth-order valence-electron chi connectivity index (χ4n) is 2.33. The molecular weight excluding hydrogens is 282 g/mol. The Bertz CT molecular complexity index is 898. The molecule has 0 spiro atoms. The minimum atomic E-state index is -0.280. The SMILES string of the molecule is Cc1ccc2[nH]c(=S)c(C(=O)c3ccccc3)c(O)c2c1. The summed E-state index contributed by atoms with van der Waals surface area (Å²) in [6.07, 6.45) is 0. The summed E-state index contributed by atoms with van der Waals surface area (Å²) >= 11 is 5.24. The van der Waals surface area contributed by atoms with Gasteiger partial charge in [0.25, 0.3) is 0 Å². The van der Waals surface area contributed by atoms with Crippen LogP contribution >= 0.6 is 12.2 Å². The number of benzene rings is 2. The van der Waals surface area contributed by atoms with E-state index in [0.717, 1.165) is 5.56 Å². The number of aromatic nitrogens is 1. The molecule has 0 aliphatic heterocycles. The van der Waals surface area contributed by atoms with Crippen LogP contribution in [0.5, 0.6) is 5.75 Å². The largest absolute Gasteiger partial charge is 0.506 e. The maximum absolute atomic E-state index is 12.6. The number of hydrogen-bond acceptors (Lipinski definition) is 3. The number of nitrogens with one attached hydrogen (secondary N) is 1. The average Bonchev–Trinajstić information content (AvgIpc) is 2.49. The van der Waals surface area contributed by atoms with Crippen LogP contribution in [0.3, 0.4) is 0 Å². The molecule has 0 bridgehead atoms. The molecule has 0 unspecified atom stereocenters. The maximum atomic E-state index is 12.6. The second-order valence-electron chi connectivity index (χ2n) is 4.92. The van der Waals surface area contributed by atoms with E-state index >= 15 is 0 Å². The van der Waals surface area contributed by atoms with E-state index in [1.165, 1.54) is 0 Å². The standard InChI is InChI=1S/C17H13NO2S/c1-10-7-8-13-12(9-10)16(20)14(17(21)18-13)15(19)11-5-3-2-4-6-11/h2-9H,1H3,(H2,18,20,21). The molecule has 3 aromatic rings. The van der Waals surface area contributed by atoms with Crippen LogP contribution in [0, 0.1) is 11.6 Å². The summed E-state index contributed by atoms with van der Waals surface area (Å²) in [5, 5.41) is 11.1. The lowest BCUT2D eigenvalue weighted by Crippen LogP contribution is -2.04. The van der Waals surface area contributed by atoms with Crippen LogP contribution in [0.15, 0.2) is 48.5 Å². The molecule has 4 heteroatoms. The third kappa shape index (κ3) is 2.34. The van der Waals surface area contributed by atoms with E-state index in [1.807, 2.05) is 31.2 Å². The number of H-pyrrole nitrogens is 1. The van der Waals surface area contributed by atoms with Gasteiger partial charge in [0, 0.05) is 10.9 Å². The summed E-state index contributed by atoms with van der Waals surface area (Å²) in [4.78, 5) is 15.6. The summed E-state index contributed by atoms with van der Waals surface area (Å²) in [5.41, 5.74) is 2.36. The predicted octanol–water partition coefficient (Wildman–Crippen LogP) is 4.14. The van der Waals surface area contributed by atoms with E-state index in [9.17, 15) is 9.90 Å². The molecule has 2 N–H and O–H groups in total. The van der Waals surface area contributed by atoms with Gasteiger partial charge in [-0.2, -0.15) is 0 Å². The average molecular weight is 295 g/mol. The smallest absolute Gasteiger partial charge is 0.199 e. The van der Waals surface area contributed by atoms with Crippen LogP contribution in [-0.2, 0) is 0 Å². The Kier molecular flexibility index (Phi) is 3.31. The quantitative estimate of drug-likeness (QED) is 0.552. The van der Waals surface area contributed by atoms with Gasteiger partial charge in [-0.15, -0.1) is 0 Å². The molecule has 0 saturated heterocycles. The summed E-state index contributed by atoms with van der Waals surface area (Å²) in [7, 11) is 0. The highest BCUT2D eigenvalue weighted by Crippen LogP contribution is 2.30. The van der Waals surface area contributed by atoms with Crippen molar-refractivity contribution in [3.05, 3.63) is 69.9 Å². The first-order chi connectivity index (χ1) is 10.1. The maximum Gasteiger partial charge on any atom is 0.199 e. The van der Waals surface area contributed by atoms with Crippen LogP contribution in [-0.4, -0.2) is 15.9 Å². The first kappa shape index (κ1) is 13.5. The lowest BCUT2D eigenvalue weighted by Gasteiger charge is -2.09. The van der Waals surface area contributed by atoms with Crippen molar-refractivity contribution in [1.82, 2.24) is 4.98 Å². The summed E-state index contributed by atoms with van der Waals surface area (Å²) in [6.45, 7) is 1.93. The molecule has 21 heavy (non-hydrogen) atoms. The van der Waals surface area contributed by atoms with E-state index < -0.39 is 0 Å². The van der Waals surface area contributed by atoms with Crippen molar-refractivity contribution in [3.63, 3.8) is 0 Å². The van der Waals surface area contributed by atoms with E-state index in [-0.39, 0.29) is 21.7 Å². The first-order valence-corrected chi connectivity index (χ1v) is 6.94. The van der Waals surface area contributed by atoms with Crippen molar-refractivity contribution in [2.75, 3.05) is 0 Å². The molecule has 3 nitrogen and oxygen atoms in total. The molecule has 0 fully saturated rings. The van der Waals surface area contributed by atoms with Crippen molar-refractivity contribution >= 4 is 28.9 Å². The number of ketones is 1. The van der Waals surface area contributed by atoms with Gasteiger partial charge in [0.15, 0.2) is 5.78 Å². The van der Waals surface area contributed by atoms with Gasteiger partial charge < -0.3 is 10.1 Å². The molecular formula is C17H13NO2S. The normalized spacial score (nSPS) is 10.7. The van der Waals surface area contributed by atoms with Gasteiger partial charge in [-0.05, 0) is 19.1 Å². The minimum absolute atomic E-state index is 0.0636. The number of aryl methyl sites for hydroxylation is 1. The van der Waals surface area contributed by atoms with Crippen LogP contribution in [0.4, 0.5) is 0 Å². The van der Waals surface area contributed by atoms with Crippen molar-refractivity contribution < 1.29 is 9.90 Å². The number of aromatic amines is 1. The third-order valence-electron chi connectivity index (χ3n) is 3.41. The molecule has 0 aliphatic carbocycles. The number of rotatable bonds is 2. The van der Waals surface area contributed by atoms with Crippen molar-refractivity contribution in [2.45, 2.75) is 6.92 Å². The van der Waals surface area contributed by atoms with Gasteiger partial charge in [0.05, 0.1) is 11.1 Å².